The zero-order chi connectivity index (χ0) is 12.4. The van der Waals surface area contributed by atoms with E-state index in [0.717, 1.165) is 9.91 Å². The molecule has 88 valence electrons. The van der Waals surface area contributed by atoms with Crippen LogP contribution in [0, 0.1) is 4.91 Å². The second-order valence-electron chi connectivity index (χ2n) is 3.60. The summed E-state index contributed by atoms with van der Waals surface area (Å²) in [7, 11) is 0. The molecule has 0 N–H and O–H groups in total. The lowest BCUT2D eigenvalue weighted by atomic mass is 10.1. The molecule has 0 atom stereocenters. The second-order valence-corrected chi connectivity index (χ2v) is 3.60. The maximum atomic E-state index is 12.1. The molecule has 0 spiro atoms. The first-order chi connectivity index (χ1) is 8.19. The Morgan fingerprint density at radius 2 is 2.00 bits per heavy atom. The van der Waals surface area contributed by atoms with Crippen molar-refractivity contribution in [3.8, 4) is 0 Å². The summed E-state index contributed by atoms with van der Waals surface area (Å²) in [5.41, 5.74) is 0.691. The van der Waals surface area contributed by atoms with Gasteiger partial charge in [-0.3, -0.25) is 14.5 Å². The van der Waals surface area contributed by atoms with Crippen LogP contribution in [-0.2, 0) is 4.79 Å². The topological polar surface area (TPSA) is 70.1 Å². The molecule has 0 aliphatic carbocycles. The summed E-state index contributed by atoms with van der Waals surface area (Å²) in [5.74, 6) is -0.812. The molecule has 0 unspecified atom stereocenters. The first-order valence-electron chi connectivity index (χ1n) is 5.23. The minimum absolute atomic E-state index is 0.208. The van der Waals surface area contributed by atoms with E-state index in [2.05, 4.69) is 5.29 Å². The third-order valence-electron chi connectivity index (χ3n) is 2.66. The Balaban J connectivity index is 2.57. The highest BCUT2D eigenvalue weighted by Crippen LogP contribution is 2.25. The van der Waals surface area contributed by atoms with E-state index in [0.29, 0.717) is 11.3 Å². The molecule has 1 aromatic rings. The van der Waals surface area contributed by atoms with Crippen molar-refractivity contribution in [2.24, 2.45) is 5.29 Å². The molecule has 0 bridgehead atoms. The SMILES string of the molecule is CCN1C(=O)CN(N=O)c2ccccc2C1=O. The van der Waals surface area contributed by atoms with Crippen LogP contribution in [0.1, 0.15) is 17.3 Å². The Bertz CT molecular complexity index is 487. The molecule has 0 fully saturated rings. The van der Waals surface area contributed by atoms with Crippen LogP contribution in [0.15, 0.2) is 29.6 Å². The van der Waals surface area contributed by atoms with Crippen molar-refractivity contribution in [1.82, 2.24) is 4.90 Å². The van der Waals surface area contributed by atoms with Gasteiger partial charge in [-0.1, -0.05) is 12.1 Å². The molecule has 6 heteroatoms. The van der Waals surface area contributed by atoms with Gasteiger partial charge >= 0.3 is 0 Å². The lowest BCUT2D eigenvalue weighted by Crippen LogP contribution is -2.39. The van der Waals surface area contributed by atoms with Crippen LogP contribution in [-0.4, -0.2) is 29.8 Å². The third kappa shape index (κ3) is 1.77. The van der Waals surface area contributed by atoms with Crippen LogP contribution in [0.25, 0.3) is 0 Å². The van der Waals surface area contributed by atoms with Crippen molar-refractivity contribution in [1.29, 1.82) is 0 Å². The summed E-state index contributed by atoms with van der Waals surface area (Å²) in [5, 5.41) is 3.79. The van der Waals surface area contributed by atoms with E-state index in [1.165, 1.54) is 0 Å². The standard InChI is InChI=1S/C11H11N3O3/c1-2-13-10(15)7-14(12-17)9-6-4-3-5-8(9)11(13)16/h3-6H,2,7H2,1H3. The molecule has 0 radical (unpaired) electrons. The van der Waals surface area contributed by atoms with Crippen molar-refractivity contribution in [3.05, 3.63) is 34.7 Å². The first-order valence-corrected chi connectivity index (χ1v) is 5.23. The van der Waals surface area contributed by atoms with Crippen LogP contribution in [0.2, 0.25) is 0 Å². The molecule has 2 rings (SSSR count). The van der Waals surface area contributed by atoms with Crippen molar-refractivity contribution in [2.75, 3.05) is 18.1 Å². The molecule has 1 heterocycles. The molecular weight excluding hydrogens is 222 g/mol. The van der Waals surface area contributed by atoms with Crippen LogP contribution < -0.4 is 5.01 Å². The predicted octanol–water partition coefficient (Wildman–Crippen LogP) is 1.18. The van der Waals surface area contributed by atoms with E-state index < -0.39 is 5.91 Å². The number of carbonyl (C=O) groups is 2. The molecule has 6 nitrogen and oxygen atoms in total. The van der Waals surface area contributed by atoms with Crippen LogP contribution in [0.4, 0.5) is 5.69 Å². The van der Waals surface area contributed by atoms with Crippen LogP contribution in [0.5, 0.6) is 0 Å². The molecule has 0 saturated heterocycles. The molecule has 2 amide bonds. The smallest absolute Gasteiger partial charge is 0.262 e. The predicted molar refractivity (Wildman–Crippen MR) is 61.3 cm³/mol. The molecule has 17 heavy (non-hydrogen) atoms. The summed E-state index contributed by atoms with van der Waals surface area (Å²) >= 11 is 0. The molecule has 1 aliphatic rings. The van der Waals surface area contributed by atoms with Gasteiger partial charge in [-0.15, -0.1) is 4.91 Å². The summed E-state index contributed by atoms with van der Waals surface area (Å²) in [6.07, 6.45) is 0. The summed E-state index contributed by atoms with van der Waals surface area (Å²) in [6, 6.07) is 6.55. The summed E-state index contributed by atoms with van der Waals surface area (Å²) in [6.45, 7) is 1.78. The van der Waals surface area contributed by atoms with Gasteiger partial charge in [0.05, 0.1) is 16.5 Å². The number of hydrogen-bond donors (Lipinski definition) is 0. The zero-order valence-electron chi connectivity index (χ0n) is 9.29. The maximum Gasteiger partial charge on any atom is 0.262 e. The van der Waals surface area contributed by atoms with Gasteiger partial charge in [0.2, 0.25) is 0 Å². The number of para-hydroxylation sites is 1. The van der Waals surface area contributed by atoms with E-state index in [1.54, 1.807) is 31.2 Å². The molecule has 0 saturated carbocycles. The van der Waals surface area contributed by atoms with Gasteiger partial charge in [0, 0.05) is 6.54 Å². The normalized spacial score (nSPS) is 15.6. The number of benzene rings is 1. The van der Waals surface area contributed by atoms with Gasteiger partial charge in [-0.05, 0) is 19.1 Å². The van der Waals surface area contributed by atoms with Gasteiger partial charge in [0.1, 0.15) is 6.54 Å². The van der Waals surface area contributed by atoms with Crippen LogP contribution >= 0.6 is 0 Å². The van der Waals surface area contributed by atoms with Gasteiger partial charge in [-0.25, -0.2) is 5.01 Å². The Morgan fingerprint density at radius 1 is 1.29 bits per heavy atom. The number of nitrogens with zero attached hydrogens (tertiary/aromatic N) is 3. The van der Waals surface area contributed by atoms with Gasteiger partial charge in [0.25, 0.3) is 11.8 Å². The molecule has 0 aromatic heterocycles. The molecule has 1 aliphatic heterocycles. The van der Waals surface area contributed by atoms with Crippen molar-refractivity contribution >= 4 is 17.5 Å². The number of imide groups is 1. The number of amides is 2. The van der Waals surface area contributed by atoms with E-state index >= 15 is 0 Å². The number of anilines is 1. The largest absolute Gasteiger partial charge is 0.277 e. The number of rotatable bonds is 2. The second kappa shape index (κ2) is 4.32. The summed E-state index contributed by atoms with van der Waals surface area (Å²) in [4.78, 5) is 35.7. The van der Waals surface area contributed by atoms with Crippen LogP contribution in [0.3, 0.4) is 0 Å². The summed E-state index contributed by atoms with van der Waals surface area (Å²) < 4.78 is 0. The van der Waals surface area contributed by atoms with Crippen molar-refractivity contribution in [2.45, 2.75) is 6.92 Å². The van der Waals surface area contributed by atoms with Crippen molar-refractivity contribution in [3.63, 3.8) is 0 Å². The number of carbonyl (C=O) groups excluding carboxylic acids is 2. The number of likely N-dealkylation sites (N-methyl/N-ethyl adjacent to an activating group) is 1. The van der Waals surface area contributed by atoms with Crippen molar-refractivity contribution < 1.29 is 9.59 Å². The van der Waals surface area contributed by atoms with E-state index in [9.17, 15) is 14.5 Å². The van der Waals surface area contributed by atoms with Gasteiger partial charge in [0.15, 0.2) is 0 Å². The Hall–Kier alpha value is -2.24. The lowest BCUT2D eigenvalue weighted by molar-refractivity contribution is -0.126. The van der Waals surface area contributed by atoms with E-state index in [-0.39, 0.29) is 19.0 Å². The van der Waals surface area contributed by atoms with Gasteiger partial charge in [-0.2, -0.15) is 0 Å². The van der Waals surface area contributed by atoms with Gasteiger partial charge < -0.3 is 0 Å². The Kier molecular flexibility index (Phi) is 2.86. The fraction of sp³-hybridized carbons (Fsp3) is 0.273. The lowest BCUT2D eigenvalue weighted by Gasteiger charge is -2.15. The monoisotopic (exact) mass is 233 g/mol. The Labute approximate surface area is 97.8 Å². The highest BCUT2D eigenvalue weighted by molar-refractivity contribution is 6.10. The maximum absolute atomic E-state index is 12.1. The highest BCUT2D eigenvalue weighted by Gasteiger charge is 2.31. The number of hydrogen-bond acceptors (Lipinski definition) is 4. The Morgan fingerprint density at radius 3 is 2.65 bits per heavy atom. The number of nitroso groups, excluding NO2 is 1. The quantitative estimate of drug-likeness (QED) is 0.568. The molecule has 1 aromatic carbocycles. The fourth-order valence-corrected chi connectivity index (χ4v) is 1.83. The highest BCUT2D eigenvalue weighted by atomic mass is 16.3. The van der Waals surface area contributed by atoms with E-state index in [4.69, 9.17) is 0 Å². The minimum atomic E-state index is -0.423. The average molecular weight is 233 g/mol. The zero-order valence-corrected chi connectivity index (χ0v) is 9.29. The first kappa shape index (κ1) is 11.3. The van der Waals surface area contributed by atoms with E-state index in [1.807, 2.05) is 0 Å². The minimum Gasteiger partial charge on any atom is -0.277 e. The number of fused-ring (bicyclic) bond motifs is 1. The average Bonchev–Trinajstić information content (AvgIpc) is 2.45. The third-order valence-corrected chi connectivity index (χ3v) is 2.66. The molecular formula is C11H11N3O3. The fourth-order valence-electron chi connectivity index (χ4n) is 1.83.